The van der Waals surface area contributed by atoms with Crippen LogP contribution in [0.1, 0.15) is 54.9 Å². The molecule has 1 fully saturated rings. The Kier molecular flexibility index (Phi) is 14.2. The third-order valence-electron chi connectivity index (χ3n) is 5.68. The molecule has 1 saturated heterocycles. The van der Waals surface area contributed by atoms with Gasteiger partial charge in [0, 0.05) is 43.7 Å². The van der Waals surface area contributed by atoms with Gasteiger partial charge in [-0.3, -0.25) is 24.6 Å². The minimum absolute atomic E-state index is 0. The van der Waals surface area contributed by atoms with Crippen molar-refractivity contribution in [2.75, 3.05) is 27.2 Å². The van der Waals surface area contributed by atoms with Crippen molar-refractivity contribution in [1.82, 2.24) is 15.5 Å². The summed E-state index contributed by atoms with van der Waals surface area (Å²) in [4.78, 5) is 53.0. The van der Waals surface area contributed by atoms with Gasteiger partial charge < -0.3 is 25.4 Å². The number of amides is 2. The van der Waals surface area contributed by atoms with Gasteiger partial charge in [-0.1, -0.05) is 30.3 Å². The molecular weight excluding hydrogens is 613 g/mol. The number of nitrogens with zero attached hydrogens (tertiary/aromatic N) is 2. The first-order valence-corrected chi connectivity index (χ1v) is 12.5. The second kappa shape index (κ2) is 16.2. The molecular formula is C24H34IN5O6S. The van der Waals surface area contributed by atoms with Crippen LogP contribution in [-0.2, 0) is 19.1 Å². The molecule has 2 unspecified atom stereocenters. The molecule has 2 amide bonds. The van der Waals surface area contributed by atoms with Crippen molar-refractivity contribution in [3.8, 4) is 0 Å². The van der Waals surface area contributed by atoms with Crippen LogP contribution in [0.2, 0.25) is 0 Å². The van der Waals surface area contributed by atoms with E-state index >= 15 is 0 Å². The Morgan fingerprint density at radius 3 is 2.32 bits per heavy atom. The first-order chi connectivity index (χ1) is 17.1. The number of esters is 1. The minimum Gasteiger partial charge on any atom is -0.481 e. The molecule has 0 bridgehead atoms. The zero-order valence-electron chi connectivity index (χ0n) is 21.1. The normalized spacial score (nSPS) is 17.6. The fourth-order valence-electron chi connectivity index (χ4n) is 3.37. The molecule has 1 aliphatic heterocycles. The summed E-state index contributed by atoms with van der Waals surface area (Å²) in [5, 5.41) is 22.4. The number of halogens is 1. The lowest BCUT2D eigenvalue weighted by molar-refractivity contribution is -0.140. The average molecular weight is 648 g/mol. The van der Waals surface area contributed by atoms with E-state index in [2.05, 4.69) is 20.4 Å². The van der Waals surface area contributed by atoms with Gasteiger partial charge >= 0.3 is 11.9 Å². The predicted octanol–water partition coefficient (Wildman–Crippen LogP) is 2.48. The Hall–Kier alpha value is -2.68. The highest BCUT2D eigenvalue weighted by molar-refractivity contribution is 14.0. The first-order valence-electron chi connectivity index (χ1n) is 11.7. The first kappa shape index (κ1) is 32.3. The summed E-state index contributed by atoms with van der Waals surface area (Å²) in [6, 6.07) is 6.34. The third-order valence-corrected chi connectivity index (χ3v) is 7.14. The number of benzene rings is 1. The number of carbonyl (C=O) groups is 4. The number of thioether (sulfide) groups is 1. The van der Waals surface area contributed by atoms with E-state index in [9.17, 15) is 19.2 Å². The Bertz CT molecular complexity index is 1000. The number of methoxy groups -OCH3 is 1. The van der Waals surface area contributed by atoms with Crippen LogP contribution in [0.15, 0.2) is 29.3 Å². The number of amidine groups is 2. The Morgan fingerprint density at radius 1 is 1.05 bits per heavy atom. The van der Waals surface area contributed by atoms with Crippen molar-refractivity contribution in [2.24, 2.45) is 4.99 Å². The summed E-state index contributed by atoms with van der Waals surface area (Å²) in [5.41, 5.74) is 0.981. The molecule has 204 valence electrons. The molecule has 13 heteroatoms. The monoisotopic (exact) mass is 647 g/mol. The summed E-state index contributed by atoms with van der Waals surface area (Å²) in [7, 11) is 3.06. The summed E-state index contributed by atoms with van der Waals surface area (Å²) < 4.78 is 4.56. The lowest BCUT2D eigenvalue weighted by atomic mass is 10.1. The topological polar surface area (TPSA) is 161 Å². The maximum atomic E-state index is 12.7. The van der Waals surface area contributed by atoms with Crippen molar-refractivity contribution >= 4 is 70.5 Å². The van der Waals surface area contributed by atoms with Crippen molar-refractivity contribution in [2.45, 2.75) is 50.3 Å². The van der Waals surface area contributed by atoms with E-state index in [4.69, 9.17) is 10.5 Å². The molecule has 0 saturated carbocycles. The number of aliphatic imine (C=N–C) groups is 1. The summed E-state index contributed by atoms with van der Waals surface area (Å²) in [6.07, 6.45) is 2.37. The lowest BCUT2D eigenvalue weighted by Gasteiger charge is -2.19. The molecule has 1 aromatic rings. The summed E-state index contributed by atoms with van der Waals surface area (Å²) in [6.45, 7) is 2.60. The van der Waals surface area contributed by atoms with Crippen LogP contribution in [-0.4, -0.2) is 83.3 Å². The molecule has 11 nitrogen and oxygen atoms in total. The fourth-order valence-corrected chi connectivity index (χ4v) is 4.63. The standard InChI is InChI=1S/C24H33N5O6S.HI/c1-15-20(23(34)27-14-12-19(32)35-3)36-24(29(15)2)28-22(33)17-10-8-16(9-11-17)21(25)26-13-6-4-5-7-18(30)31;/h8-11,15,20H,4-7,12-14H2,1-3H3,(H2,25,26)(H,27,34)(H,30,31);1H. The van der Waals surface area contributed by atoms with Crippen molar-refractivity contribution in [1.29, 1.82) is 5.41 Å². The number of rotatable bonds is 12. The number of nitrogens with one attached hydrogen (secondary N) is 3. The highest BCUT2D eigenvalue weighted by atomic mass is 127. The molecule has 1 heterocycles. The fraction of sp³-hybridized carbons (Fsp3) is 0.500. The van der Waals surface area contributed by atoms with Crippen LogP contribution in [0.5, 0.6) is 0 Å². The smallest absolute Gasteiger partial charge is 0.307 e. The summed E-state index contributed by atoms with van der Waals surface area (Å²) in [5.74, 6) is -1.68. The molecule has 0 aromatic heterocycles. The van der Waals surface area contributed by atoms with Crippen LogP contribution in [0.25, 0.3) is 0 Å². The van der Waals surface area contributed by atoms with E-state index in [-0.39, 0.29) is 61.1 Å². The molecule has 0 aliphatic carbocycles. The van der Waals surface area contributed by atoms with E-state index in [1.165, 1.54) is 18.9 Å². The van der Waals surface area contributed by atoms with E-state index in [0.29, 0.717) is 29.3 Å². The third kappa shape index (κ3) is 10.3. The van der Waals surface area contributed by atoms with Crippen LogP contribution >= 0.6 is 35.7 Å². The van der Waals surface area contributed by atoms with Crippen LogP contribution in [0.4, 0.5) is 0 Å². The maximum Gasteiger partial charge on any atom is 0.307 e. The largest absolute Gasteiger partial charge is 0.481 e. The van der Waals surface area contributed by atoms with Gasteiger partial charge in [0.15, 0.2) is 5.17 Å². The van der Waals surface area contributed by atoms with Crippen LogP contribution in [0, 0.1) is 5.41 Å². The molecule has 1 aliphatic rings. The molecule has 0 radical (unpaired) electrons. The highest BCUT2D eigenvalue weighted by Gasteiger charge is 2.39. The maximum absolute atomic E-state index is 12.7. The van der Waals surface area contributed by atoms with Crippen LogP contribution in [0.3, 0.4) is 0 Å². The number of carboxylic acid groups (broad SMARTS) is 1. The zero-order valence-corrected chi connectivity index (χ0v) is 24.3. The Labute approximate surface area is 237 Å². The second-order valence-corrected chi connectivity index (χ2v) is 9.40. The zero-order chi connectivity index (χ0) is 26.7. The second-order valence-electron chi connectivity index (χ2n) is 8.29. The van der Waals surface area contributed by atoms with E-state index in [1.807, 2.05) is 6.92 Å². The molecule has 2 rings (SSSR count). The lowest BCUT2D eigenvalue weighted by Crippen LogP contribution is -2.41. The van der Waals surface area contributed by atoms with Gasteiger partial charge in [0.05, 0.1) is 13.5 Å². The SMILES string of the molecule is COC(=O)CCNC(=O)C1SC(=NC(=O)c2ccc(C(=N)NCCCCCC(=O)O)cc2)N(C)C1C.I. The Morgan fingerprint density at radius 2 is 1.70 bits per heavy atom. The van der Waals surface area contributed by atoms with Gasteiger partial charge in [-0.25, -0.2) is 0 Å². The van der Waals surface area contributed by atoms with Crippen molar-refractivity contribution in [3.05, 3.63) is 35.4 Å². The number of ether oxygens (including phenoxy) is 1. The van der Waals surface area contributed by atoms with Gasteiger partial charge in [-0.2, -0.15) is 4.99 Å². The van der Waals surface area contributed by atoms with Crippen molar-refractivity contribution < 1.29 is 29.0 Å². The van der Waals surface area contributed by atoms with Gasteiger partial charge in [0.1, 0.15) is 11.1 Å². The number of carbonyl (C=O) groups excluding carboxylic acids is 3. The quantitative estimate of drug-likeness (QED) is 0.0879. The highest BCUT2D eigenvalue weighted by Crippen LogP contribution is 2.31. The van der Waals surface area contributed by atoms with E-state index < -0.39 is 23.1 Å². The molecule has 0 spiro atoms. The minimum atomic E-state index is -0.805. The van der Waals surface area contributed by atoms with Gasteiger partial charge in [0.2, 0.25) is 5.91 Å². The van der Waals surface area contributed by atoms with Gasteiger partial charge in [0.25, 0.3) is 5.91 Å². The molecule has 2 atom stereocenters. The van der Waals surface area contributed by atoms with E-state index in [0.717, 1.165) is 12.8 Å². The average Bonchev–Trinajstić information content (AvgIpc) is 3.14. The number of hydrogen-bond donors (Lipinski definition) is 4. The Balaban J connectivity index is 0.00000684. The van der Waals surface area contributed by atoms with E-state index in [1.54, 1.807) is 36.2 Å². The van der Waals surface area contributed by atoms with Crippen LogP contribution < -0.4 is 10.6 Å². The summed E-state index contributed by atoms with van der Waals surface area (Å²) >= 11 is 1.20. The molecule has 1 aromatic carbocycles. The molecule has 37 heavy (non-hydrogen) atoms. The van der Waals surface area contributed by atoms with Gasteiger partial charge in [-0.15, -0.1) is 24.0 Å². The van der Waals surface area contributed by atoms with Crippen molar-refractivity contribution in [3.63, 3.8) is 0 Å². The molecule has 4 N–H and O–H groups in total. The number of hydrogen-bond acceptors (Lipinski definition) is 7. The number of aliphatic carboxylic acids is 1. The van der Waals surface area contributed by atoms with Gasteiger partial charge in [-0.05, 0) is 31.9 Å². The number of carboxylic acids is 1. The predicted molar refractivity (Wildman–Crippen MR) is 153 cm³/mol. The number of unbranched alkanes of at least 4 members (excludes halogenated alkanes) is 2.